The van der Waals surface area contributed by atoms with Crippen LogP contribution in [0.3, 0.4) is 0 Å². The maximum absolute atomic E-state index is 12.8. The number of anilines is 1. The van der Waals surface area contributed by atoms with Gasteiger partial charge in [0.25, 0.3) is 0 Å². The van der Waals surface area contributed by atoms with Crippen molar-refractivity contribution in [1.29, 1.82) is 0 Å². The van der Waals surface area contributed by atoms with Crippen LogP contribution in [0.4, 0.5) is 5.69 Å². The zero-order valence-electron chi connectivity index (χ0n) is 19.1. The number of nitrogens with one attached hydrogen (secondary N) is 2. The largest absolute Gasteiger partial charge is 0.353 e. The number of amides is 3. The van der Waals surface area contributed by atoms with Crippen molar-refractivity contribution >= 4 is 23.4 Å². The van der Waals surface area contributed by atoms with Crippen molar-refractivity contribution < 1.29 is 14.4 Å². The quantitative estimate of drug-likeness (QED) is 0.682. The number of para-hydroxylation sites is 1. The van der Waals surface area contributed by atoms with Crippen LogP contribution in [0.1, 0.15) is 30.4 Å². The van der Waals surface area contributed by atoms with Crippen LogP contribution in [0.2, 0.25) is 0 Å². The molecule has 2 aromatic carbocycles. The molecule has 1 unspecified atom stereocenters. The normalized spacial score (nSPS) is 19.5. The standard InChI is InChI=1S/C26H32N4O3/c1-19-7-9-20(10-8-19)16-30-17-21(15-25(30)32)26(33)28-23-11-13-29(14-12-23)18-24(31)27-22-5-3-2-4-6-22/h2-10,21,23H,11-18H2,1H3,(H,27,31)(H,28,33). The highest BCUT2D eigenvalue weighted by molar-refractivity contribution is 5.92. The number of hydrogen-bond donors (Lipinski definition) is 2. The van der Waals surface area contributed by atoms with E-state index in [1.807, 2.05) is 61.5 Å². The number of benzene rings is 2. The van der Waals surface area contributed by atoms with Crippen LogP contribution in [0.25, 0.3) is 0 Å². The topological polar surface area (TPSA) is 81.8 Å². The SMILES string of the molecule is Cc1ccc(CN2CC(C(=O)NC3CCN(CC(=O)Nc4ccccc4)CC3)CC2=O)cc1. The van der Waals surface area contributed by atoms with E-state index in [2.05, 4.69) is 15.5 Å². The predicted molar refractivity (Wildman–Crippen MR) is 127 cm³/mol. The molecule has 2 N–H and O–H groups in total. The highest BCUT2D eigenvalue weighted by atomic mass is 16.2. The molecule has 3 amide bonds. The van der Waals surface area contributed by atoms with Crippen molar-refractivity contribution in [3.8, 4) is 0 Å². The summed E-state index contributed by atoms with van der Waals surface area (Å²) < 4.78 is 0. The summed E-state index contributed by atoms with van der Waals surface area (Å²) in [4.78, 5) is 41.4. The Hall–Kier alpha value is -3.19. The lowest BCUT2D eigenvalue weighted by Crippen LogP contribution is -2.48. The summed E-state index contributed by atoms with van der Waals surface area (Å²) in [6.07, 6.45) is 1.88. The van der Waals surface area contributed by atoms with Crippen LogP contribution in [0, 0.1) is 12.8 Å². The Kier molecular flexibility index (Phi) is 7.40. The van der Waals surface area contributed by atoms with Gasteiger partial charge in [0, 0.05) is 44.3 Å². The van der Waals surface area contributed by atoms with Gasteiger partial charge >= 0.3 is 0 Å². The Balaban J connectivity index is 1.19. The van der Waals surface area contributed by atoms with Crippen molar-refractivity contribution in [2.24, 2.45) is 5.92 Å². The Bertz CT molecular complexity index is 969. The van der Waals surface area contributed by atoms with Gasteiger partial charge in [0.05, 0.1) is 12.5 Å². The van der Waals surface area contributed by atoms with Crippen LogP contribution < -0.4 is 10.6 Å². The molecule has 0 aromatic heterocycles. The Morgan fingerprint density at radius 1 is 1.00 bits per heavy atom. The number of carbonyl (C=O) groups is 3. The molecule has 0 radical (unpaired) electrons. The highest BCUT2D eigenvalue weighted by Gasteiger charge is 2.35. The van der Waals surface area contributed by atoms with Crippen LogP contribution in [0.5, 0.6) is 0 Å². The van der Waals surface area contributed by atoms with Gasteiger partial charge < -0.3 is 15.5 Å². The van der Waals surface area contributed by atoms with E-state index in [0.717, 1.165) is 37.2 Å². The van der Waals surface area contributed by atoms with E-state index in [1.165, 1.54) is 5.56 Å². The van der Waals surface area contributed by atoms with E-state index < -0.39 is 0 Å². The van der Waals surface area contributed by atoms with E-state index in [9.17, 15) is 14.4 Å². The van der Waals surface area contributed by atoms with Crippen molar-refractivity contribution in [2.45, 2.75) is 38.8 Å². The molecule has 7 nitrogen and oxygen atoms in total. The third-order valence-corrected chi connectivity index (χ3v) is 6.44. The van der Waals surface area contributed by atoms with Crippen molar-refractivity contribution in [3.05, 3.63) is 65.7 Å². The van der Waals surface area contributed by atoms with Gasteiger partial charge in [0.2, 0.25) is 17.7 Å². The fourth-order valence-corrected chi connectivity index (χ4v) is 4.49. The van der Waals surface area contributed by atoms with E-state index in [4.69, 9.17) is 0 Å². The first-order chi connectivity index (χ1) is 16.0. The average molecular weight is 449 g/mol. The number of aryl methyl sites for hydroxylation is 1. The van der Waals surface area contributed by atoms with E-state index in [1.54, 1.807) is 4.90 Å². The minimum atomic E-state index is -0.294. The fraction of sp³-hybridized carbons (Fsp3) is 0.423. The van der Waals surface area contributed by atoms with Crippen LogP contribution in [0.15, 0.2) is 54.6 Å². The molecule has 0 spiro atoms. The number of hydrogen-bond acceptors (Lipinski definition) is 4. The van der Waals surface area contributed by atoms with E-state index in [0.29, 0.717) is 19.6 Å². The molecular weight excluding hydrogens is 416 g/mol. The van der Waals surface area contributed by atoms with Crippen LogP contribution in [-0.4, -0.2) is 59.7 Å². The van der Waals surface area contributed by atoms with Gasteiger partial charge in [-0.2, -0.15) is 0 Å². The number of likely N-dealkylation sites (tertiary alicyclic amines) is 2. The minimum absolute atomic E-state index is 0.0261. The first-order valence-corrected chi connectivity index (χ1v) is 11.7. The second kappa shape index (κ2) is 10.6. The molecule has 2 fully saturated rings. The first kappa shape index (κ1) is 23.0. The van der Waals surface area contributed by atoms with E-state index in [-0.39, 0.29) is 36.1 Å². The van der Waals surface area contributed by atoms with Gasteiger partial charge in [0.15, 0.2) is 0 Å². The second-order valence-corrected chi connectivity index (χ2v) is 9.13. The van der Waals surface area contributed by atoms with Gasteiger partial charge in [-0.3, -0.25) is 19.3 Å². The molecule has 2 aliphatic rings. The van der Waals surface area contributed by atoms with Crippen molar-refractivity contribution in [1.82, 2.24) is 15.1 Å². The number of carbonyl (C=O) groups excluding carboxylic acids is 3. The zero-order chi connectivity index (χ0) is 23.2. The van der Waals surface area contributed by atoms with Crippen molar-refractivity contribution in [2.75, 3.05) is 31.5 Å². The van der Waals surface area contributed by atoms with Crippen LogP contribution >= 0.6 is 0 Å². The molecule has 0 saturated carbocycles. The number of nitrogens with zero attached hydrogens (tertiary/aromatic N) is 2. The van der Waals surface area contributed by atoms with Gasteiger partial charge in [-0.05, 0) is 37.5 Å². The predicted octanol–water partition coefficient (Wildman–Crippen LogP) is 2.56. The summed E-state index contributed by atoms with van der Waals surface area (Å²) in [5.74, 6) is -0.315. The molecular formula is C26H32N4O3. The molecule has 0 aliphatic carbocycles. The third kappa shape index (κ3) is 6.42. The Morgan fingerprint density at radius 2 is 1.70 bits per heavy atom. The van der Waals surface area contributed by atoms with Gasteiger partial charge in [0.1, 0.15) is 0 Å². The number of piperidine rings is 1. The first-order valence-electron chi connectivity index (χ1n) is 11.7. The molecule has 7 heteroatoms. The summed E-state index contributed by atoms with van der Waals surface area (Å²) in [7, 11) is 0. The van der Waals surface area contributed by atoms with Gasteiger partial charge in [-0.1, -0.05) is 48.0 Å². The molecule has 2 heterocycles. The maximum atomic E-state index is 12.8. The molecule has 174 valence electrons. The summed E-state index contributed by atoms with van der Waals surface area (Å²) in [6, 6.07) is 17.7. The monoisotopic (exact) mass is 448 g/mol. The Labute approximate surface area is 195 Å². The van der Waals surface area contributed by atoms with Crippen molar-refractivity contribution in [3.63, 3.8) is 0 Å². The molecule has 0 bridgehead atoms. The summed E-state index contributed by atoms with van der Waals surface area (Å²) >= 11 is 0. The lowest BCUT2D eigenvalue weighted by atomic mass is 10.0. The minimum Gasteiger partial charge on any atom is -0.353 e. The zero-order valence-corrected chi connectivity index (χ0v) is 19.1. The van der Waals surface area contributed by atoms with Crippen LogP contribution in [-0.2, 0) is 20.9 Å². The molecule has 2 saturated heterocycles. The highest BCUT2D eigenvalue weighted by Crippen LogP contribution is 2.21. The maximum Gasteiger partial charge on any atom is 0.238 e. The van der Waals surface area contributed by atoms with Gasteiger partial charge in [-0.15, -0.1) is 0 Å². The smallest absolute Gasteiger partial charge is 0.238 e. The Morgan fingerprint density at radius 3 is 2.39 bits per heavy atom. The molecule has 2 aliphatic heterocycles. The summed E-state index contributed by atoms with van der Waals surface area (Å²) in [5, 5.41) is 6.05. The van der Waals surface area contributed by atoms with Gasteiger partial charge in [-0.25, -0.2) is 0 Å². The third-order valence-electron chi connectivity index (χ3n) is 6.44. The second-order valence-electron chi connectivity index (χ2n) is 9.13. The average Bonchev–Trinajstić information content (AvgIpc) is 3.17. The number of rotatable bonds is 7. The molecule has 1 atom stereocenters. The van der Waals surface area contributed by atoms with E-state index >= 15 is 0 Å². The molecule has 33 heavy (non-hydrogen) atoms. The fourth-order valence-electron chi connectivity index (χ4n) is 4.49. The summed E-state index contributed by atoms with van der Waals surface area (Å²) in [6.45, 7) is 4.92. The lowest BCUT2D eigenvalue weighted by molar-refractivity contribution is -0.129. The summed E-state index contributed by atoms with van der Waals surface area (Å²) in [5.41, 5.74) is 3.07. The lowest BCUT2D eigenvalue weighted by Gasteiger charge is -2.32. The molecule has 4 rings (SSSR count). The molecule has 2 aromatic rings.